The van der Waals surface area contributed by atoms with Crippen molar-refractivity contribution in [3.05, 3.63) is 28.5 Å². The summed E-state index contributed by atoms with van der Waals surface area (Å²) in [4.78, 5) is 30.4. The molecule has 0 saturated carbocycles. The Kier molecular flexibility index (Phi) is 4.67. The van der Waals surface area contributed by atoms with Gasteiger partial charge in [-0.15, -0.1) is 0 Å². The fraction of sp³-hybridized carbons (Fsp3) is 0.417. The molecule has 5 nitrogen and oxygen atoms in total. The predicted octanol–water partition coefficient (Wildman–Crippen LogP) is 1.20. The highest BCUT2D eigenvalue weighted by atomic mass is 35.5. The largest absolute Gasteiger partial charge is 0.347 e. The lowest BCUT2D eigenvalue weighted by Gasteiger charge is -2.19. The zero-order valence-corrected chi connectivity index (χ0v) is 11.7. The van der Waals surface area contributed by atoms with Crippen molar-refractivity contribution in [2.75, 3.05) is 27.7 Å². The number of pyridine rings is 1. The number of nitrogens with zero attached hydrogens (tertiary/aromatic N) is 3. The van der Waals surface area contributed by atoms with E-state index in [1.807, 2.05) is 0 Å². The van der Waals surface area contributed by atoms with E-state index in [0.717, 1.165) is 0 Å². The van der Waals surface area contributed by atoms with Crippen molar-refractivity contribution in [2.24, 2.45) is 0 Å². The van der Waals surface area contributed by atoms with E-state index >= 15 is 0 Å². The van der Waals surface area contributed by atoms with E-state index in [9.17, 15) is 9.59 Å². The average molecular weight is 270 g/mol. The second-order valence-electron chi connectivity index (χ2n) is 4.27. The summed E-state index contributed by atoms with van der Waals surface area (Å²) >= 11 is 5.80. The molecular formula is C12H16ClN3O2. The van der Waals surface area contributed by atoms with Gasteiger partial charge in [-0.25, -0.2) is 4.98 Å². The van der Waals surface area contributed by atoms with E-state index in [1.165, 1.54) is 15.9 Å². The molecule has 0 aliphatic rings. The number of aromatic nitrogens is 1. The maximum atomic E-state index is 12.1. The van der Waals surface area contributed by atoms with Crippen LogP contribution in [-0.2, 0) is 4.79 Å². The number of hydrogen-bond acceptors (Lipinski definition) is 3. The van der Waals surface area contributed by atoms with Crippen LogP contribution < -0.4 is 0 Å². The molecule has 98 valence electrons. The van der Waals surface area contributed by atoms with Crippen LogP contribution >= 0.6 is 11.6 Å². The van der Waals surface area contributed by atoms with Crippen molar-refractivity contribution < 1.29 is 9.59 Å². The van der Waals surface area contributed by atoms with Crippen molar-refractivity contribution in [3.8, 4) is 0 Å². The molecule has 1 aromatic rings. The fourth-order valence-electron chi connectivity index (χ4n) is 1.39. The van der Waals surface area contributed by atoms with Crippen molar-refractivity contribution in [1.29, 1.82) is 0 Å². The monoisotopic (exact) mass is 269 g/mol. The minimum absolute atomic E-state index is 0.0326. The van der Waals surface area contributed by atoms with Crippen molar-refractivity contribution in [2.45, 2.75) is 6.92 Å². The van der Waals surface area contributed by atoms with Crippen LogP contribution in [0.15, 0.2) is 12.1 Å². The summed E-state index contributed by atoms with van der Waals surface area (Å²) < 4.78 is 0. The Hall–Kier alpha value is -1.62. The van der Waals surface area contributed by atoms with E-state index in [-0.39, 0.29) is 23.5 Å². The van der Waals surface area contributed by atoms with E-state index in [2.05, 4.69) is 4.98 Å². The van der Waals surface area contributed by atoms with Gasteiger partial charge in [0.25, 0.3) is 5.91 Å². The number of likely N-dealkylation sites (N-methyl/N-ethyl adjacent to an activating group) is 2. The predicted molar refractivity (Wildman–Crippen MR) is 69.6 cm³/mol. The lowest BCUT2D eigenvalue weighted by Crippen LogP contribution is -2.37. The molecule has 0 spiro atoms. The van der Waals surface area contributed by atoms with Gasteiger partial charge in [0.15, 0.2) is 0 Å². The van der Waals surface area contributed by atoms with Crippen LogP contribution in [-0.4, -0.2) is 54.3 Å². The Bertz CT molecular complexity index is 454. The zero-order chi connectivity index (χ0) is 13.9. The first kappa shape index (κ1) is 14.4. The maximum Gasteiger partial charge on any atom is 0.254 e. The Morgan fingerprint density at radius 3 is 2.39 bits per heavy atom. The highest BCUT2D eigenvalue weighted by Gasteiger charge is 2.16. The van der Waals surface area contributed by atoms with Crippen LogP contribution in [0.3, 0.4) is 0 Å². The number of aryl methyl sites for hydroxylation is 1. The quantitative estimate of drug-likeness (QED) is 0.775. The molecule has 2 amide bonds. The normalized spacial score (nSPS) is 10.1. The molecule has 0 fully saturated rings. The molecule has 0 atom stereocenters. The molecule has 0 bridgehead atoms. The van der Waals surface area contributed by atoms with Crippen LogP contribution in [0.1, 0.15) is 16.1 Å². The first-order chi connectivity index (χ1) is 8.31. The summed E-state index contributed by atoms with van der Waals surface area (Å²) in [5.74, 6) is -0.389. The van der Waals surface area contributed by atoms with E-state index < -0.39 is 0 Å². The molecule has 18 heavy (non-hydrogen) atoms. The van der Waals surface area contributed by atoms with Crippen LogP contribution in [0.4, 0.5) is 0 Å². The number of halogens is 1. The summed E-state index contributed by atoms with van der Waals surface area (Å²) in [6.07, 6.45) is 0. The minimum atomic E-state index is -0.252. The van der Waals surface area contributed by atoms with Gasteiger partial charge in [-0.05, 0) is 19.1 Å². The Morgan fingerprint density at radius 2 is 1.89 bits per heavy atom. The smallest absolute Gasteiger partial charge is 0.254 e. The molecular weight excluding hydrogens is 254 g/mol. The van der Waals surface area contributed by atoms with Crippen LogP contribution in [0.5, 0.6) is 0 Å². The lowest BCUT2D eigenvalue weighted by molar-refractivity contribution is -0.129. The second kappa shape index (κ2) is 5.82. The molecule has 0 radical (unpaired) electrons. The van der Waals surface area contributed by atoms with Gasteiger partial charge in [-0.1, -0.05) is 11.6 Å². The summed E-state index contributed by atoms with van der Waals surface area (Å²) in [5.41, 5.74) is 1.10. The maximum absolute atomic E-state index is 12.1. The molecule has 0 saturated heterocycles. The zero-order valence-electron chi connectivity index (χ0n) is 10.9. The van der Waals surface area contributed by atoms with Gasteiger partial charge < -0.3 is 9.80 Å². The van der Waals surface area contributed by atoms with Crippen molar-refractivity contribution in [1.82, 2.24) is 14.8 Å². The Morgan fingerprint density at radius 1 is 1.28 bits per heavy atom. The molecule has 0 aliphatic heterocycles. The first-order valence-electron chi connectivity index (χ1n) is 5.41. The van der Waals surface area contributed by atoms with E-state index in [1.54, 1.807) is 34.1 Å². The van der Waals surface area contributed by atoms with E-state index in [0.29, 0.717) is 11.3 Å². The summed E-state index contributed by atoms with van der Waals surface area (Å²) in [6, 6.07) is 3.14. The van der Waals surface area contributed by atoms with Gasteiger partial charge in [0.05, 0.1) is 6.54 Å². The molecule has 0 N–H and O–H groups in total. The molecule has 1 aromatic heterocycles. The molecule has 0 unspecified atom stereocenters. The number of amides is 2. The number of carbonyl (C=O) groups is 2. The SMILES string of the molecule is Cc1cc(C(=O)N(C)CC(=O)N(C)C)cc(Cl)n1. The van der Waals surface area contributed by atoms with Gasteiger partial charge in [0.1, 0.15) is 5.15 Å². The van der Waals surface area contributed by atoms with Crippen LogP contribution in [0, 0.1) is 6.92 Å². The number of rotatable bonds is 3. The molecule has 6 heteroatoms. The highest BCUT2D eigenvalue weighted by molar-refractivity contribution is 6.29. The Labute approximate surface area is 111 Å². The summed E-state index contributed by atoms with van der Waals surface area (Å²) in [5, 5.41) is 0.269. The minimum Gasteiger partial charge on any atom is -0.347 e. The van der Waals surface area contributed by atoms with Gasteiger partial charge in [-0.2, -0.15) is 0 Å². The second-order valence-corrected chi connectivity index (χ2v) is 4.66. The van der Waals surface area contributed by atoms with Crippen LogP contribution in [0.2, 0.25) is 5.15 Å². The fourth-order valence-corrected chi connectivity index (χ4v) is 1.64. The van der Waals surface area contributed by atoms with Gasteiger partial charge in [-0.3, -0.25) is 9.59 Å². The number of hydrogen-bond donors (Lipinski definition) is 0. The Balaban J connectivity index is 2.83. The van der Waals surface area contributed by atoms with Crippen molar-refractivity contribution >= 4 is 23.4 Å². The summed E-state index contributed by atoms with van der Waals surface area (Å²) in [7, 11) is 4.87. The molecule has 0 aliphatic carbocycles. The lowest BCUT2D eigenvalue weighted by atomic mass is 10.2. The average Bonchev–Trinajstić information content (AvgIpc) is 2.26. The van der Waals surface area contributed by atoms with Gasteiger partial charge >= 0.3 is 0 Å². The van der Waals surface area contributed by atoms with E-state index in [4.69, 9.17) is 11.6 Å². The van der Waals surface area contributed by atoms with Crippen molar-refractivity contribution in [3.63, 3.8) is 0 Å². The third-order valence-corrected chi connectivity index (χ3v) is 2.58. The summed E-state index contributed by atoms with van der Waals surface area (Å²) in [6.45, 7) is 1.79. The molecule has 1 rings (SSSR count). The number of carbonyl (C=O) groups excluding carboxylic acids is 2. The molecule has 1 heterocycles. The highest BCUT2D eigenvalue weighted by Crippen LogP contribution is 2.12. The topological polar surface area (TPSA) is 53.5 Å². The van der Waals surface area contributed by atoms with Gasteiger partial charge in [0.2, 0.25) is 5.91 Å². The third kappa shape index (κ3) is 3.70. The third-order valence-electron chi connectivity index (χ3n) is 2.39. The molecule has 0 aromatic carbocycles. The standard InChI is InChI=1S/C12H16ClN3O2/c1-8-5-9(6-10(13)14-8)12(18)16(4)7-11(17)15(2)3/h5-6H,7H2,1-4H3. The van der Waals surface area contributed by atoms with Crippen LogP contribution in [0.25, 0.3) is 0 Å². The first-order valence-corrected chi connectivity index (χ1v) is 5.79. The van der Waals surface area contributed by atoms with Gasteiger partial charge in [0, 0.05) is 32.4 Å².